The number of rotatable bonds is 5. The third-order valence-corrected chi connectivity index (χ3v) is 4.30. The minimum absolute atomic E-state index is 0.0843. The first kappa shape index (κ1) is 18.0. The highest BCUT2D eigenvalue weighted by atomic mass is 19.1. The maximum Gasteiger partial charge on any atom is 0.278 e. The van der Waals surface area contributed by atoms with E-state index in [1.165, 1.54) is 25.6 Å². The number of nitrogens with zero attached hydrogens (tertiary/aromatic N) is 2. The van der Waals surface area contributed by atoms with Gasteiger partial charge in [-0.3, -0.25) is 4.79 Å². The first-order valence-corrected chi connectivity index (χ1v) is 8.35. The van der Waals surface area contributed by atoms with Crippen LogP contribution in [0.1, 0.15) is 36.0 Å². The molecule has 0 spiro atoms. The number of amides is 1. The van der Waals surface area contributed by atoms with Gasteiger partial charge in [0.25, 0.3) is 17.7 Å². The molecule has 1 aromatic carbocycles. The van der Waals surface area contributed by atoms with E-state index in [9.17, 15) is 13.6 Å². The van der Waals surface area contributed by atoms with Crippen LogP contribution in [0.5, 0.6) is 11.8 Å². The summed E-state index contributed by atoms with van der Waals surface area (Å²) in [6, 6.07) is 3.20. The number of carbonyl (C=O) groups excluding carboxylic acids is 1. The molecule has 1 aliphatic carbocycles. The van der Waals surface area contributed by atoms with Gasteiger partial charge in [-0.1, -0.05) is 6.07 Å². The lowest BCUT2D eigenvalue weighted by molar-refractivity contribution is 0.0878. The molecule has 0 radical (unpaired) electrons. The molecule has 3 rings (SSSR count). The van der Waals surface area contributed by atoms with E-state index in [4.69, 9.17) is 9.47 Å². The Kier molecular flexibility index (Phi) is 5.60. The van der Waals surface area contributed by atoms with Gasteiger partial charge in [0.2, 0.25) is 0 Å². The van der Waals surface area contributed by atoms with Gasteiger partial charge in [0.15, 0.2) is 0 Å². The maximum atomic E-state index is 13.7. The zero-order valence-electron chi connectivity index (χ0n) is 14.2. The molecule has 1 saturated carbocycles. The highest BCUT2D eigenvalue weighted by molar-refractivity contribution is 5.94. The van der Waals surface area contributed by atoms with Crippen molar-refractivity contribution in [2.24, 2.45) is 0 Å². The first-order valence-electron chi connectivity index (χ1n) is 8.35. The first-order chi connectivity index (χ1) is 12.6. The monoisotopic (exact) mass is 363 g/mol. The summed E-state index contributed by atoms with van der Waals surface area (Å²) in [6.45, 7) is 0. The average molecular weight is 363 g/mol. The van der Waals surface area contributed by atoms with Crippen LogP contribution in [0.3, 0.4) is 0 Å². The quantitative estimate of drug-likeness (QED) is 0.884. The Labute approximate surface area is 149 Å². The summed E-state index contributed by atoms with van der Waals surface area (Å²) in [5.41, 5.74) is -0.546. The summed E-state index contributed by atoms with van der Waals surface area (Å²) in [5, 5.41) is 2.70. The van der Waals surface area contributed by atoms with E-state index in [0.717, 1.165) is 12.1 Å². The highest BCUT2D eigenvalue weighted by Crippen LogP contribution is 2.27. The Bertz CT molecular complexity index is 760. The fraction of sp³-hybridized carbons (Fsp3) is 0.389. The Hall–Kier alpha value is -2.77. The van der Waals surface area contributed by atoms with E-state index in [0.29, 0.717) is 37.4 Å². The molecule has 2 aromatic rings. The molecular formula is C18H19F2N3O3. The van der Waals surface area contributed by atoms with E-state index in [1.54, 1.807) is 0 Å². The third kappa shape index (κ3) is 4.07. The van der Waals surface area contributed by atoms with Crippen molar-refractivity contribution in [3.63, 3.8) is 0 Å². The number of methoxy groups -OCH3 is 1. The topological polar surface area (TPSA) is 73.3 Å². The van der Waals surface area contributed by atoms with Crippen LogP contribution in [0.4, 0.5) is 8.78 Å². The van der Waals surface area contributed by atoms with Crippen molar-refractivity contribution in [1.82, 2.24) is 15.3 Å². The van der Waals surface area contributed by atoms with Crippen LogP contribution < -0.4 is 14.8 Å². The van der Waals surface area contributed by atoms with Gasteiger partial charge in [0.05, 0.1) is 7.11 Å². The summed E-state index contributed by atoms with van der Waals surface area (Å²) in [6.07, 6.45) is 5.56. The van der Waals surface area contributed by atoms with Crippen LogP contribution in [0.15, 0.2) is 30.6 Å². The number of aromatic nitrogens is 2. The molecule has 0 unspecified atom stereocenters. The van der Waals surface area contributed by atoms with Crippen molar-refractivity contribution in [2.45, 2.75) is 37.8 Å². The number of ether oxygens (including phenoxy) is 2. The van der Waals surface area contributed by atoms with Gasteiger partial charge >= 0.3 is 0 Å². The second kappa shape index (κ2) is 8.07. The lowest BCUT2D eigenvalue weighted by Gasteiger charge is -2.29. The van der Waals surface area contributed by atoms with Crippen molar-refractivity contribution < 1.29 is 23.0 Å². The predicted octanol–water partition coefficient (Wildman–Crippen LogP) is 2.88. The molecular weight excluding hydrogens is 344 g/mol. The average Bonchev–Trinajstić information content (AvgIpc) is 2.63. The van der Waals surface area contributed by atoms with Gasteiger partial charge in [0.1, 0.15) is 23.3 Å². The van der Waals surface area contributed by atoms with Gasteiger partial charge in [-0.2, -0.15) is 0 Å². The maximum absolute atomic E-state index is 13.7. The second-order valence-corrected chi connectivity index (χ2v) is 6.03. The summed E-state index contributed by atoms with van der Waals surface area (Å²) in [4.78, 5) is 20.3. The smallest absolute Gasteiger partial charge is 0.278 e. The van der Waals surface area contributed by atoms with Crippen LogP contribution in [0.2, 0.25) is 0 Å². The molecule has 0 atom stereocenters. The molecule has 1 aromatic heterocycles. The van der Waals surface area contributed by atoms with Crippen LogP contribution in [-0.2, 0) is 0 Å². The number of carbonyl (C=O) groups is 1. The molecule has 8 heteroatoms. The molecule has 138 valence electrons. The van der Waals surface area contributed by atoms with E-state index in [2.05, 4.69) is 15.3 Å². The minimum Gasteiger partial charge on any atom is -0.477 e. The zero-order valence-corrected chi connectivity index (χ0v) is 14.2. The molecule has 1 N–H and O–H groups in total. The Morgan fingerprint density at radius 3 is 2.31 bits per heavy atom. The standard InChI is InChI=1S/C18H19F2N3O3/c1-25-17-18(22-10-9-21-17)26-12-7-5-11(6-8-12)23-16(24)15-13(19)3-2-4-14(15)20/h2-4,9-12H,5-8H2,1H3,(H,23,24). The van der Waals surface area contributed by atoms with E-state index < -0.39 is 23.1 Å². The summed E-state index contributed by atoms with van der Waals surface area (Å²) >= 11 is 0. The van der Waals surface area contributed by atoms with Gasteiger partial charge < -0.3 is 14.8 Å². The molecule has 1 amide bonds. The lowest BCUT2D eigenvalue weighted by atomic mass is 9.92. The number of benzene rings is 1. The van der Waals surface area contributed by atoms with Crippen LogP contribution in [0, 0.1) is 11.6 Å². The molecule has 1 heterocycles. The summed E-state index contributed by atoms with van der Waals surface area (Å²) in [5.74, 6) is -1.82. The lowest BCUT2D eigenvalue weighted by Crippen LogP contribution is -2.40. The van der Waals surface area contributed by atoms with E-state index in [1.807, 2.05) is 0 Å². The van der Waals surface area contributed by atoms with Crippen LogP contribution in [0.25, 0.3) is 0 Å². The molecule has 1 aliphatic rings. The van der Waals surface area contributed by atoms with Crippen molar-refractivity contribution >= 4 is 5.91 Å². The van der Waals surface area contributed by atoms with Crippen molar-refractivity contribution in [2.75, 3.05) is 7.11 Å². The molecule has 0 aliphatic heterocycles. The van der Waals surface area contributed by atoms with Crippen LogP contribution in [-0.4, -0.2) is 35.1 Å². The number of hydrogen-bond donors (Lipinski definition) is 1. The number of halogens is 2. The van der Waals surface area contributed by atoms with Crippen LogP contribution >= 0.6 is 0 Å². The Morgan fingerprint density at radius 1 is 1.08 bits per heavy atom. The van der Waals surface area contributed by atoms with Crippen molar-refractivity contribution in [3.05, 3.63) is 47.8 Å². The van der Waals surface area contributed by atoms with E-state index in [-0.39, 0.29) is 12.1 Å². The van der Waals surface area contributed by atoms with Gasteiger partial charge in [-0.15, -0.1) is 0 Å². The summed E-state index contributed by atoms with van der Waals surface area (Å²) in [7, 11) is 1.49. The number of hydrogen-bond acceptors (Lipinski definition) is 5. The highest BCUT2D eigenvalue weighted by Gasteiger charge is 2.27. The predicted molar refractivity (Wildman–Crippen MR) is 89.1 cm³/mol. The molecule has 0 saturated heterocycles. The molecule has 26 heavy (non-hydrogen) atoms. The normalized spacial score (nSPS) is 19.7. The van der Waals surface area contributed by atoms with Gasteiger partial charge in [0, 0.05) is 18.4 Å². The fourth-order valence-corrected chi connectivity index (χ4v) is 2.99. The third-order valence-electron chi connectivity index (χ3n) is 4.30. The molecule has 0 bridgehead atoms. The Balaban J connectivity index is 1.55. The minimum atomic E-state index is -0.866. The van der Waals surface area contributed by atoms with Crippen molar-refractivity contribution in [3.8, 4) is 11.8 Å². The largest absolute Gasteiger partial charge is 0.477 e. The van der Waals surface area contributed by atoms with Gasteiger partial charge in [-0.25, -0.2) is 18.7 Å². The van der Waals surface area contributed by atoms with Crippen molar-refractivity contribution in [1.29, 1.82) is 0 Å². The van der Waals surface area contributed by atoms with E-state index >= 15 is 0 Å². The zero-order chi connectivity index (χ0) is 18.5. The SMILES string of the molecule is COc1nccnc1OC1CCC(NC(=O)c2c(F)cccc2F)CC1. The molecule has 1 fully saturated rings. The Morgan fingerprint density at radius 2 is 1.69 bits per heavy atom. The summed E-state index contributed by atoms with van der Waals surface area (Å²) < 4.78 is 38.3. The second-order valence-electron chi connectivity index (χ2n) is 6.03. The van der Waals surface area contributed by atoms with Gasteiger partial charge in [-0.05, 0) is 37.8 Å². The fourth-order valence-electron chi connectivity index (χ4n) is 2.99. The number of nitrogens with one attached hydrogen (secondary N) is 1. The molecule has 6 nitrogen and oxygen atoms in total.